The van der Waals surface area contributed by atoms with Gasteiger partial charge in [0.15, 0.2) is 0 Å². The van der Waals surface area contributed by atoms with Gasteiger partial charge in [0.25, 0.3) is 0 Å². The van der Waals surface area contributed by atoms with Crippen molar-refractivity contribution in [2.45, 2.75) is 90.9 Å². The van der Waals surface area contributed by atoms with Crippen molar-refractivity contribution < 1.29 is 24.3 Å². The number of carbonyl (C=O) groups is 4. The van der Waals surface area contributed by atoms with E-state index in [-0.39, 0.29) is 17.7 Å². The van der Waals surface area contributed by atoms with Crippen molar-refractivity contribution in [2.24, 2.45) is 11.3 Å². The van der Waals surface area contributed by atoms with Gasteiger partial charge >= 0.3 is 5.97 Å². The van der Waals surface area contributed by atoms with E-state index in [2.05, 4.69) is 10.6 Å². The number of amides is 3. The molecule has 3 N–H and O–H groups in total. The molecule has 0 spiro atoms. The van der Waals surface area contributed by atoms with Crippen molar-refractivity contribution in [3.8, 4) is 0 Å². The molecule has 4 atom stereocenters. The van der Waals surface area contributed by atoms with E-state index >= 15 is 0 Å². The van der Waals surface area contributed by atoms with E-state index in [1.165, 1.54) is 9.80 Å². The average molecular weight is 531 g/mol. The fourth-order valence-corrected chi connectivity index (χ4v) is 5.42. The van der Waals surface area contributed by atoms with Gasteiger partial charge in [-0.25, -0.2) is 4.79 Å². The summed E-state index contributed by atoms with van der Waals surface area (Å²) in [6, 6.07) is 6.44. The van der Waals surface area contributed by atoms with Gasteiger partial charge in [0, 0.05) is 19.0 Å². The van der Waals surface area contributed by atoms with E-state index in [1.54, 1.807) is 14.1 Å². The Balaban J connectivity index is 2.34. The molecule has 0 unspecified atom stereocenters. The lowest BCUT2D eigenvalue weighted by Crippen LogP contribution is -2.63. The standard InChI is InChI=1S/C29H46N4O5/c1-18(2)21(25(35)33-17-13-16-20(33)27(37)38)32(9)26(36)23(28(3,4)5)31-24(34)22(30-8)29(6,7)19-14-11-10-12-15-19/h10-12,14-15,18,20-23,30H,13,16-17H2,1-9H3,(H,31,34)(H,37,38)/t20-,21-,22+,23+/m0/s1. The minimum atomic E-state index is -1.04. The average Bonchev–Trinajstić information content (AvgIpc) is 3.32. The summed E-state index contributed by atoms with van der Waals surface area (Å²) in [5.74, 6) is -2.38. The number of carboxylic acid groups (broad SMARTS) is 1. The normalized spacial score (nSPS) is 18.6. The van der Waals surface area contributed by atoms with E-state index in [4.69, 9.17) is 0 Å². The molecule has 0 aliphatic carbocycles. The van der Waals surface area contributed by atoms with E-state index in [0.717, 1.165) is 5.56 Å². The molecule has 1 aliphatic heterocycles. The summed E-state index contributed by atoms with van der Waals surface area (Å²) in [6.07, 6.45) is 1.00. The number of carbonyl (C=O) groups excluding carboxylic acids is 3. The van der Waals surface area contributed by atoms with Crippen LogP contribution in [0, 0.1) is 11.3 Å². The van der Waals surface area contributed by atoms with Crippen molar-refractivity contribution in [3.63, 3.8) is 0 Å². The van der Waals surface area contributed by atoms with Gasteiger partial charge in [-0.05, 0) is 36.8 Å². The van der Waals surface area contributed by atoms with Crippen LogP contribution in [0.25, 0.3) is 0 Å². The van der Waals surface area contributed by atoms with Crippen LogP contribution in [0.5, 0.6) is 0 Å². The maximum absolute atomic E-state index is 13.9. The highest BCUT2D eigenvalue weighted by molar-refractivity contribution is 5.95. The van der Waals surface area contributed by atoms with Gasteiger partial charge < -0.3 is 25.5 Å². The molecular weight excluding hydrogens is 484 g/mol. The summed E-state index contributed by atoms with van der Waals surface area (Å²) >= 11 is 0. The Morgan fingerprint density at radius 1 is 1.03 bits per heavy atom. The molecule has 38 heavy (non-hydrogen) atoms. The second kappa shape index (κ2) is 12.3. The van der Waals surface area contributed by atoms with E-state index in [9.17, 15) is 24.3 Å². The molecule has 1 aromatic carbocycles. The first-order valence-corrected chi connectivity index (χ1v) is 13.4. The van der Waals surface area contributed by atoms with Crippen molar-refractivity contribution in [2.75, 3.05) is 20.6 Å². The lowest BCUT2D eigenvalue weighted by Gasteiger charge is -2.40. The van der Waals surface area contributed by atoms with E-state index in [0.29, 0.717) is 19.4 Å². The molecule has 9 nitrogen and oxygen atoms in total. The van der Waals surface area contributed by atoms with Crippen LogP contribution in [0.3, 0.4) is 0 Å². The zero-order chi connectivity index (χ0) is 29.0. The number of benzene rings is 1. The Hall–Kier alpha value is -2.94. The predicted octanol–water partition coefficient (Wildman–Crippen LogP) is 2.64. The Kier molecular flexibility index (Phi) is 10.1. The van der Waals surface area contributed by atoms with Crippen LogP contribution in [0.15, 0.2) is 30.3 Å². The molecule has 1 aliphatic rings. The first-order chi connectivity index (χ1) is 17.5. The number of carboxylic acids is 1. The van der Waals surface area contributed by atoms with Crippen LogP contribution in [0.2, 0.25) is 0 Å². The first kappa shape index (κ1) is 31.3. The van der Waals surface area contributed by atoms with Gasteiger partial charge in [0.1, 0.15) is 18.1 Å². The highest BCUT2D eigenvalue weighted by Crippen LogP contribution is 2.29. The molecule has 9 heteroatoms. The highest BCUT2D eigenvalue weighted by Gasteiger charge is 2.45. The number of aliphatic carboxylic acids is 1. The molecule has 1 heterocycles. The molecule has 212 valence electrons. The largest absolute Gasteiger partial charge is 0.480 e. The van der Waals surface area contributed by atoms with E-state index < -0.39 is 46.9 Å². The van der Waals surface area contributed by atoms with Crippen LogP contribution in [-0.4, -0.2) is 83.4 Å². The van der Waals surface area contributed by atoms with Gasteiger partial charge in [-0.3, -0.25) is 14.4 Å². The van der Waals surface area contributed by atoms with Gasteiger partial charge in [-0.1, -0.05) is 78.8 Å². The molecule has 1 fully saturated rings. The fourth-order valence-electron chi connectivity index (χ4n) is 5.42. The van der Waals surface area contributed by atoms with Gasteiger partial charge in [-0.2, -0.15) is 0 Å². The third-order valence-corrected chi connectivity index (χ3v) is 7.66. The summed E-state index contributed by atoms with van der Waals surface area (Å²) in [7, 11) is 3.28. The number of nitrogens with one attached hydrogen (secondary N) is 2. The minimum absolute atomic E-state index is 0.259. The predicted molar refractivity (Wildman–Crippen MR) is 147 cm³/mol. The third kappa shape index (κ3) is 6.73. The number of rotatable bonds is 10. The number of hydrogen-bond acceptors (Lipinski definition) is 5. The Labute approximate surface area is 227 Å². The topological polar surface area (TPSA) is 119 Å². The summed E-state index contributed by atoms with van der Waals surface area (Å²) < 4.78 is 0. The van der Waals surface area contributed by atoms with Crippen molar-refractivity contribution in [3.05, 3.63) is 35.9 Å². The number of likely N-dealkylation sites (tertiary alicyclic amines) is 1. The quantitative estimate of drug-likeness (QED) is 0.428. The maximum atomic E-state index is 13.9. The summed E-state index contributed by atoms with van der Waals surface area (Å²) in [4.78, 5) is 55.6. The zero-order valence-corrected chi connectivity index (χ0v) is 24.4. The summed E-state index contributed by atoms with van der Waals surface area (Å²) in [6.45, 7) is 13.6. The van der Waals surface area contributed by atoms with Crippen LogP contribution >= 0.6 is 0 Å². The van der Waals surface area contributed by atoms with Crippen molar-refractivity contribution in [1.82, 2.24) is 20.4 Å². The Bertz CT molecular complexity index is 1000. The molecule has 1 saturated heterocycles. The fraction of sp³-hybridized carbons (Fsp3) is 0.655. The van der Waals surface area contributed by atoms with Gasteiger partial charge in [-0.15, -0.1) is 0 Å². The van der Waals surface area contributed by atoms with Crippen LogP contribution in [-0.2, 0) is 24.6 Å². The molecule has 2 rings (SSSR count). The second-order valence-electron chi connectivity index (χ2n) is 12.3. The molecule has 0 bridgehead atoms. The Morgan fingerprint density at radius 3 is 2.08 bits per heavy atom. The maximum Gasteiger partial charge on any atom is 0.326 e. The number of hydrogen-bond donors (Lipinski definition) is 3. The SMILES string of the molecule is CN[C@H](C(=O)N[C@H](C(=O)N(C)[C@H](C(=O)N1CCC[C@H]1C(=O)O)C(C)C)C(C)(C)C)C(C)(C)c1ccccc1. The van der Waals surface area contributed by atoms with Crippen molar-refractivity contribution >= 4 is 23.7 Å². The van der Waals surface area contributed by atoms with Crippen LogP contribution in [0.1, 0.15) is 66.9 Å². The monoisotopic (exact) mass is 530 g/mol. The number of nitrogens with zero attached hydrogens (tertiary/aromatic N) is 2. The Morgan fingerprint density at radius 2 is 1.61 bits per heavy atom. The van der Waals surface area contributed by atoms with E-state index in [1.807, 2.05) is 78.8 Å². The smallest absolute Gasteiger partial charge is 0.326 e. The molecular formula is C29H46N4O5. The summed E-state index contributed by atoms with van der Waals surface area (Å²) in [5, 5.41) is 15.7. The van der Waals surface area contributed by atoms with Gasteiger partial charge in [0.05, 0.1) is 6.04 Å². The van der Waals surface area contributed by atoms with Crippen LogP contribution < -0.4 is 10.6 Å². The molecule has 0 aromatic heterocycles. The minimum Gasteiger partial charge on any atom is -0.480 e. The van der Waals surface area contributed by atoms with Gasteiger partial charge in [0.2, 0.25) is 17.7 Å². The first-order valence-electron chi connectivity index (χ1n) is 13.4. The zero-order valence-electron chi connectivity index (χ0n) is 24.4. The molecule has 0 saturated carbocycles. The lowest BCUT2D eigenvalue weighted by molar-refractivity contribution is -0.154. The molecule has 3 amide bonds. The lowest BCUT2D eigenvalue weighted by atomic mass is 9.76. The third-order valence-electron chi connectivity index (χ3n) is 7.66. The number of likely N-dealkylation sites (N-methyl/N-ethyl adjacent to an activating group) is 2. The van der Waals surface area contributed by atoms with Crippen LogP contribution in [0.4, 0.5) is 0 Å². The van der Waals surface area contributed by atoms with Crippen molar-refractivity contribution in [1.29, 1.82) is 0 Å². The molecule has 0 radical (unpaired) electrons. The molecule has 1 aromatic rings. The highest BCUT2D eigenvalue weighted by atomic mass is 16.4. The summed E-state index contributed by atoms with van der Waals surface area (Å²) in [5.41, 5.74) is -0.248. The second-order valence-corrected chi connectivity index (χ2v) is 12.3.